The van der Waals surface area contributed by atoms with Crippen molar-refractivity contribution >= 4 is 43.2 Å². The summed E-state index contributed by atoms with van der Waals surface area (Å²) in [4.78, 5) is 13.7. The molecule has 0 saturated carbocycles. The highest BCUT2D eigenvalue weighted by molar-refractivity contribution is 7.86. The molecule has 4 rings (SSSR count). The summed E-state index contributed by atoms with van der Waals surface area (Å²) in [5.74, 6) is 0.0459. The van der Waals surface area contributed by atoms with Gasteiger partial charge in [0.15, 0.2) is 5.71 Å². The second-order valence-corrected chi connectivity index (χ2v) is 15.7. The Morgan fingerprint density at radius 1 is 0.851 bits per heavy atom. The lowest BCUT2D eigenvalue weighted by Crippen LogP contribution is -2.28. The Kier molecular flexibility index (Phi) is 10.7. The minimum atomic E-state index is -4.37. The summed E-state index contributed by atoms with van der Waals surface area (Å²) in [6.45, 7) is 14.0. The van der Waals surface area contributed by atoms with Crippen LogP contribution in [-0.2, 0) is 35.9 Å². The zero-order chi connectivity index (χ0) is 34.8. The maximum Gasteiger partial charge on any atom is 0.294 e. The maximum atomic E-state index is 12.0. The molecule has 0 fully saturated rings. The van der Waals surface area contributed by atoms with Gasteiger partial charge in [-0.15, -0.1) is 0 Å². The zero-order valence-corrected chi connectivity index (χ0v) is 29.6. The third kappa shape index (κ3) is 7.61. The molecule has 0 aromatic heterocycles. The highest BCUT2D eigenvalue weighted by Gasteiger charge is 2.45. The first-order chi connectivity index (χ1) is 21.9. The van der Waals surface area contributed by atoms with Crippen LogP contribution < -0.4 is 10.2 Å². The fourth-order valence-corrected chi connectivity index (χ4v) is 7.60. The van der Waals surface area contributed by atoms with Crippen LogP contribution in [0.2, 0.25) is 0 Å². The molecule has 3 N–H and O–H groups in total. The summed E-state index contributed by atoms with van der Waals surface area (Å²) in [5.41, 5.74) is 4.28. The van der Waals surface area contributed by atoms with Crippen molar-refractivity contribution in [3.8, 4) is 0 Å². The Morgan fingerprint density at radius 2 is 1.49 bits per heavy atom. The molecule has 2 heterocycles. The number of hydrogen-bond acceptors (Lipinski definition) is 6. The van der Waals surface area contributed by atoms with Gasteiger partial charge in [-0.25, -0.2) is 0 Å². The molecule has 0 atom stereocenters. The summed E-state index contributed by atoms with van der Waals surface area (Å²) in [7, 11) is -8.71. The van der Waals surface area contributed by atoms with Crippen LogP contribution in [0, 0.1) is 0 Å². The van der Waals surface area contributed by atoms with Crippen LogP contribution in [-0.4, -0.2) is 61.8 Å². The lowest BCUT2D eigenvalue weighted by molar-refractivity contribution is -0.438. The number of amides is 1. The monoisotopic (exact) mass is 684 g/mol. The zero-order valence-electron chi connectivity index (χ0n) is 27.9. The van der Waals surface area contributed by atoms with E-state index in [4.69, 9.17) is 0 Å². The minimum Gasteiger partial charge on any atom is -0.356 e. The van der Waals surface area contributed by atoms with E-state index in [1.54, 1.807) is 18.2 Å². The molecular weight excluding hydrogens is 639 g/mol. The number of unbranched alkanes of at least 4 members (excludes halogenated alkanes) is 2. The molecular formula is C35H46N3O7S2+. The molecule has 0 aliphatic carbocycles. The smallest absolute Gasteiger partial charge is 0.294 e. The van der Waals surface area contributed by atoms with Crippen LogP contribution in [0.1, 0.15) is 78.4 Å². The van der Waals surface area contributed by atoms with E-state index in [1.165, 1.54) is 18.2 Å². The number of rotatable bonds is 13. The van der Waals surface area contributed by atoms with Crippen LogP contribution in [0.3, 0.4) is 0 Å². The van der Waals surface area contributed by atoms with Crippen molar-refractivity contribution in [2.45, 2.75) is 87.8 Å². The van der Waals surface area contributed by atoms with Crippen molar-refractivity contribution in [3.05, 3.63) is 83.6 Å². The van der Waals surface area contributed by atoms with Crippen molar-refractivity contribution in [1.82, 2.24) is 5.32 Å². The highest BCUT2D eigenvalue weighted by Crippen LogP contribution is 2.48. The van der Waals surface area contributed by atoms with E-state index >= 15 is 0 Å². The Balaban J connectivity index is 1.62. The van der Waals surface area contributed by atoms with E-state index in [0.717, 1.165) is 53.2 Å². The van der Waals surface area contributed by atoms with E-state index in [-0.39, 0.29) is 15.7 Å². The van der Waals surface area contributed by atoms with Gasteiger partial charge >= 0.3 is 0 Å². The van der Waals surface area contributed by atoms with Crippen molar-refractivity contribution in [2.75, 3.05) is 24.5 Å². The fraction of sp³-hybridized carbons (Fsp3) is 0.429. The molecule has 2 aromatic carbocycles. The van der Waals surface area contributed by atoms with Gasteiger partial charge in [-0.2, -0.15) is 21.4 Å². The van der Waals surface area contributed by atoms with Gasteiger partial charge in [0, 0.05) is 60.4 Å². The molecule has 1 amide bonds. The number of fused-ring (bicyclic) bond motifs is 2. The van der Waals surface area contributed by atoms with Crippen LogP contribution >= 0.6 is 0 Å². The summed E-state index contributed by atoms with van der Waals surface area (Å²) in [6, 6.07) is 9.39. The molecule has 12 heteroatoms. The average Bonchev–Trinajstić information content (AvgIpc) is 3.33. The van der Waals surface area contributed by atoms with Crippen molar-refractivity contribution in [1.29, 1.82) is 0 Å². The van der Waals surface area contributed by atoms with E-state index in [9.17, 15) is 30.7 Å². The normalized spacial score (nSPS) is 18.0. The van der Waals surface area contributed by atoms with Crippen LogP contribution in [0.25, 0.3) is 0 Å². The number of carbonyl (C=O) groups excluding carboxylic acids is 1. The molecule has 0 saturated heterocycles. The number of allylic oxidation sites excluding steroid dienone is 6. The fourth-order valence-electron chi connectivity index (χ4n) is 6.59. The Labute approximate surface area is 279 Å². The summed E-state index contributed by atoms with van der Waals surface area (Å²) < 4.78 is 69.1. The third-order valence-electron chi connectivity index (χ3n) is 9.03. The molecule has 254 valence electrons. The first-order valence-electron chi connectivity index (χ1n) is 15.9. The molecule has 10 nitrogen and oxygen atoms in total. The number of nitrogens with zero attached hydrogens (tertiary/aromatic N) is 2. The largest absolute Gasteiger partial charge is 0.356 e. The van der Waals surface area contributed by atoms with Gasteiger partial charge in [-0.1, -0.05) is 32.1 Å². The predicted octanol–water partition coefficient (Wildman–Crippen LogP) is 6.07. The number of anilines is 1. The van der Waals surface area contributed by atoms with Crippen LogP contribution in [0.5, 0.6) is 0 Å². The number of likely N-dealkylation sites (N-methyl/N-ethyl adjacent to an activating group) is 1. The topological polar surface area (TPSA) is 144 Å². The van der Waals surface area contributed by atoms with Crippen LogP contribution in [0.4, 0.5) is 11.4 Å². The van der Waals surface area contributed by atoms with Gasteiger partial charge < -0.3 is 10.2 Å². The number of hydrogen-bond donors (Lipinski definition) is 3. The van der Waals surface area contributed by atoms with Crippen molar-refractivity contribution in [2.24, 2.45) is 0 Å². The molecule has 0 bridgehead atoms. The van der Waals surface area contributed by atoms with E-state index in [1.807, 2.05) is 71.9 Å². The molecule has 0 radical (unpaired) electrons. The van der Waals surface area contributed by atoms with Gasteiger partial charge in [0.05, 0.1) is 15.2 Å². The van der Waals surface area contributed by atoms with E-state index < -0.39 is 31.1 Å². The first-order valence-corrected chi connectivity index (χ1v) is 18.8. The number of benzene rings is 2. The molecule has 2 aromatic rings. The molecule has 0 unspecified atom stereocenters. The number of nitrogens with one attached hydrogen (secondary N) is 1. The van der Waals surface area contributed by atoms with Crippen molar-refractivity contribution in [3.63, 3.8) is 0 Å². The third-order valence-corrected chi connectivity index (χ3v) is 10.7. The van der Waals surface area contributed by atoms with Gasteiger partial charge in [-0.05, 0) is 82.5 Å². The molecule has 2 aliphatic rings. The summed E-state index contributed by atoms with van der Waals surface area (Å²) in [5, 5.41) is 2.82. The number of carbonyl (C=O) groups is 1. The molecule has 47 heavy (non-hydrogen) atoms. The SMILES string of the molecule is CCNC(=O)CCCCC[N+]1=C(C=CC=CC=C2N(CC)c3ccc(S(=O)(=O)O)cc3C2(C)C)C(C)(C)c2cc(S(=O)(=O)O)ccc21. The Morgan fingerprint density at radius 3 is 2.11 bits per heavy atom. The Bertz CT molecular complexity index is 1890. The van der Waals surface area contributed by atoms with Gasteiger partial charge in [0.1, 0.15) is 6.54 Å². The lowest BCUT2D eigenvalue weighted by Gasteiger charge is -2.25. The van der Waals surface area contributed by atoms with Crippen LogP contribution in [0.15, 0.2) is 82.3 Å². The van der Waals surface area contributed by atoms with Gasteiger partial charge in [0.2, 0.25) is 11.6 Å². The van der Waals surface area contributed by atoms with Crippen molar-refractivity contribution < 1.29 is 35.3 Å². The lowest BCUT2D eigenvalue weighted by atomic mass is 9.81. The first kappa shape index (κ1) is 36.3. The van der Waals surface area contributed by atoms with Gasteiger partial charge in [0.25, 0.3) is 20.2 Å². The summed E-state index contributed by atoms with van der Waals surface area (Å²) >= 11 is 0. The molecule has 0 spiro atoms. The second kappa shape index (κ2) is 13.9. The summed E-state index contributed by atoms with van der Waals surface area (Å²) in [6.07, 6.45) is 12.7. The minimum absolute atomic E-state index is 0.0459. The maximum absolute atomic E-state index is 12.0. The quantitative estimate of drug-likeness (QED) is 0.0999. The Hall–Kier alpha value is -3.58. The standard InChI is InChI=1S/C35H45N3O7S2/c1-7-36-33(39)17-13-10-14-22-38-30-21-19-26(47(43,44)45)24-28(30)35(5,6)32(38)16-12-9-11-15-31-34(3,4)27-23-25(46(40,41)42)18-20-29(27)37(31)8-2/h9,11-12,15-16,18-21,23-24H,7-8,10,13-14,17,22H2,1-6H3,(H2-,36,39,40,41,42,43,44,45)/p+1. The average molecular weight is 685 g/mol. The molecule has 2 aliphatic heterocycles. The second-order valence-electron chi connectivity index (χ2n) is 12.9. The van der Waals surface area contributed by atoms with Gasteiger partial charge in [-0.3, -0.25) is 13.9 Å². The van der Waals surface area contributed by atoms with E-state index in [0.29, 0.717) is 26.1 Å². The highest BCUT2D eigenvalue weighted by atomic mass is 32.2. The predicted molar refractivity (Wildman–Crippen MR) is 185 cm³/mol. The van der Waals surface area contributed by atoms with E-state index in [2.05, 4.69) is 14.8 Å².